The van der Waals surface area contributed by atoms with Crippen LogP contribution in [0.5, 0.6) is 0 Å². The lowest BCUT2D eigenvalue weighted by molar-refractivity contribution is 0.162. The van der Waals surface area contributed by atoms with Gasteiger partial charge in [-0.2, -0.15) is 0 Å². The Morgan fingerprint density at radius 3 is 1.96 bits per heavy atom. The van der Waals surface area contributed by atoms with Gasteiger partial charge in [-0.05, 0) is 47.0 Å². The van der Waals surface area contributed by atoms with E-state index in [9.17, 15) is 10.0 Å². The summed E-state index contributed by atoms with van der Waals surface area (Å²) in [5.74, 6) is 0. The molecular formula is C24H26BNO2. The highest BCUT2D eigenvalue weighted by atomic mass is 16.4. The van der Waals surface area contributed by atoms with Crippen LogP contribution in [0.15, 0.2) is 78.9 Å². The zero-order chi connectivity index (χ0) is 19.3. The molecule has 1 atom stereocenters. The fourth-order valence-electron chi connectivity index (χ4n) is 4.30. The van der Waals surface area contributed by atoms with Gasteiger partial charge in [-0.3, -0.25) is 4.90 Å². The predicted octanol–water partition coefficient (Wildman–Crippen LogP) is 2.93. The molecule has 1 unspecified atom stereocenters. The SMILES string of the molecule is OB(O)c1cccc2c1CC(N(Cc1ccccc1)Cc1ccccc1)CC2. The van der Waals surface area contributed by atoms with E-state index in [1.807, 2.05) is 12.1 Å². The maximum absolute atomic E-state index is 9.82. The summed E-state index contributed by atoms with van der Waals surface area (Å²) >= 11 is 0. The van der Waals surface area contributed by atoms with E-state index >= 15 is 0 Å². The van der Waals surface area contributed by atoms with E-state index in [1.165, 1.54) is 16.7 Å². The molecule has 142 valence electrons. The van der Waals surface area contributed by atoms with Gasteiger partial charge in [0.05, 0.1) is 0 Å². The normalized spacial score (nSPS) is 16.0. The maximum atomic E-state index is 9.82. The Morgan fingerprint density at radius 1 is 0.786 bits per heavy atom. The van der Waals surface area contributed by atoms with Crippen LogP contribution in [-0.2, 0) is 25.9 Å². The molecule has 0 saturated carbocycles. The van der Waals surface area contributed by atoms with E-state index in [1.54, 1.807) is 0 Å². The third kappa shape index (κ3) is 4.36. The molecule has 1 aliphatic rings. The summed E-state index contributed by atoms with van der Waals surface area (Å²) in [6.07, 6.45) is 2.90. The molecule has 0 radical (unpaired) electrons. The fraction of sp³-hybridized carbons (Fsp3) is 0.250. The molecule has 0 aliphatic heterocycles. The van der Waals surface area contributed by atoms with E-state index in [0.717, 1.165) is 37.9 Å². The van der Waals surface area contributed by atoms with Gasteiger partial charge >= 0.3 is 7.12 Å². The van der Waals surface area contributed by atoms with Crippen molar-refractivity contribution in [1.82, 2.24) is 4.90 Å². The number of fused-ring (bicyclic) bond motifs is 1. The molecule has 0 fully saturated rings. The van der Waals surface area contributed by atoms with E-state index in [4.69, 9.17) is 0 Å². The topological polar surface area (TPSA) is 43.7 Å². The van der Waals surface area contributed by atoms with Crippen LogP contribution >= 0.6 is 0 Å². The second-order valence-electron chi connectivity index (χ2n) is 7.63. The number of hydrogen-bond donors (Lipinski definition) is 2. The molecule has 0 saturated heterocycles. The first-order valence-corrected chi connectivity index (χ1v) is 9.99. The van der Waals surface area contributed by atoms with E-state index in [2.05, 4.69) is 71.6 Å². The average molecular weight is 371 g/mol. The molecule has 3 aromatic carbocycles. The molecule has 0 heterocycles. The third-order valence-corrected chi connectivity index (χ3v) is 5.75. The Hall–Kier alpha value is -2.40. The van der Waals surface area contributed by atoms with Crippen LogP contribution in [0.2, 0.25) is 0 Å². The van der Waals surface area contributed by atoms with Gasteiger partial charge in [0, 0.05) is 19.1 Å². The van der Waals surface area contributed by atoms with Crippen molar-refractivity contribution < 1.29 is 10.0 Å². The second-order valence-corrected chi connectivity index (χ2v) is 7.63. The molecule has 1 aliphatic carbocycles. The molecule has 28 heavy (non-hydrogen) atoms. The van der Waals surface area contributed by atoms with Crippen LogP contribution in [0, 0.1) is 0 Å². The van der Waals surface area contributed by atoms with Crippen molar-refractivity contribution in [3.05, 3.63) is 101 Å². The van der Waals surface area contributed by atoms with Crippen molar-refractivity contribution in [2.75, 3.05) is 0 Å². The Labute approximate surface area is 167 Å². The Morgan fingerprint density at radius 2 is 1.39 bits per heavy atom. The predicted molar refractivity (Wildman–Crippen MR) is 114 cm³/mol. The monoisotopic (exact) mass is 371 g/mol. The molecule has 0 spiro atoms. The summed E-state index contributed by atoms with van der Waals surface area (Å²) in [7, 11) is -1.41. The van der Waals surface area contributed by atoms with E-state index < -0.39 is 7.12 Å². The Balaban J connectivity index is 1.61. The quantitative estimate of drug-likeness (QED) is 0.655. The largest absolute Gasteiger partial charge is 0.488 e. The van der Waals surface area contributed by atoms with Crippen LogP contribution in [0.1, 0.15) is 28.7 Å². The van der Waals surface area contributed by atoms with E-state index in [0.29, 0.717) is 11.5 Å². The van der Waals surface area contributed by atoms with Gasteiger partial charge in [0.2, 0.25) is 0 Å². The smallest absolute Gasteiger partial charge is 0.423 e. The van der Waals surface area contributed by atoms with Crippen molar-refractivity contribution in [3.63, 3.8) is 0 Å². The highest BCUT2D eigenvalue weighted by Gasteiger charge is 2.28. The first-order chi connectivity index (χ1) is 13.7. The summed E-state index contributed by atoms with van der Waals surface area (Å²) in [4.78, 5) is 2.54. The van der Waals surface area contributed by atoms with Crippen LogP contribution in [-0.4, -0.2) is 28.1 Å². The highest BCUT2D eigenvalue weighted by molar-refractivity contribution is 6.59. The van der Waals surface area contributed by atoms with Crippen molar-refractivity contribution in [3.8, 4) is 0 Å². The van der Waals surface area contributed by atoms with Gasteiger partial charge in [-0.25, -0.2) is 0 Å². The minimum absolute atomic E-state index is 0.368. The molecule has 4 heteroatoms. The summed E-state index contributed by atoms with van der Waals surface area (Å²) in [5, 5.41) is 19.6. The van der Waals surface area contributed by atoms with Crippen molar-refractivity contribution >= 4 is 12.6 Å². The first kappa shape index (κ1) is 18.9. The van der Waals surface area contributed by atoms with E-state index in [-0.39, 0.29) is 0 Å². The molecule has 3 aromatic rings. The van der Waals surface area contributed by atoms with Gasteiger partial charge < -0.3 is 10.0 Å². The molecule has 0 amide bonds. The fourth-order valence-corrected chi connectivity index (χ4v) is 4.30. The van der Waals surface area contributed by atoms with Crippen molar-refractivity contribution in [1.29, 1.82) is 0 Å². The third-order valence-electron chi connectivity index (χ3n) is 5.75. The standard InChI is InChI=1S/C24H26BNO2/c27-25(28)24-13-7-12-21-14-15-22(16-23(21)24)26(17-19-8-3-1-4-9-19)18-20-10-5-2-6-11-20/h1-13,22,27-28H,14-18H2. The van der Waals surface area contributed by atoms with Crippen LogP contribution in [0.3, 0.4) is 0 Å². The number of rotatable bonds is 6. The molecule has 3 nitrogen and oxygen atoms in total. The van der Waals surface area contributed by atoms with Crippen LogP contribution < -0.4 is 5.46 Å². The van der Waals surface area contributed by atoms with Gasteiger partial charge in [0.15, 0.2) is 0 Å². The van der Waals surface area contributed by atoms with Crippen molar-refractivity contribution in [2.24, 2.45) is 0 Å². The summed E-state index contributed by atoms with van der Waals surface area (Å²) in [5.41, 5.74) is 5.63. The maximum Gasteiger partial charge on any atom is 0.488 e. The second kappa shape index (κ2) is 8.74. The first-order valence-electron chi connectivity index (χ1n) is 9.99. The lowest BCUT2D eigenvalue weighted by Crippen LogP contribution is -2.43. The average Bonchev–Trinajstić information content (AvgIpc) is 2.74. The molecular weight excluding hydrogens is 345 g/mol. The molecule has 4 rings (SSSR count). The number of benzene rings is 3. The van der Waals surface area contributed by atoms with Gasteiger partial charge in [0.25, 0.3) is 0 Å². The van der Waals surface area contributed by atoms with Gasteiger partial charge in [-0.1, -0.05) is 78.9 Å². The van der Waals surface area contributed by atoms with Crippen LogP contribution in [0.4, 0.5) is 0 Å². The minimum Gasteiger partial charge on any atom is -0.423 e. The zero-order valence-electron chi connectivity index (χ0n) is 16.0. The molecule has 0 bridgehead atoms. The highest BCUT2D eigenvalue weighted by Crippen LogP contribution is 2.26. The minimum atomic E-state index is -1.41. The van der Waals surface area contributed by atoms with Gasteiger partial charge in [0.1, 0.15) is 0 Å². The molecule has 2 N–H and O–H groups in total. The number of nitrogens with zero attached hydrogens (tertiary/aromatic N) is 1. The van der Waals surface area contributed by atoms with Crippen molar-refractivity contribution in [2.45, 2.75) is 38.4 Å². The number of aryl methyl sites for hydroxylation is 1. The number of hydrogen-bond acceptors (Lipinski definition) is 3. The summed E-state index contributed by atoms with van der Waals surface area (Å²) < 4.78 is 0. The Bertz CT molecular complexity index is 857. The summed E-state index contributed by atoms with van der Waals surface area (Å²) in [6, 6.07) is 27.4. The summed E-state index contributed by atoms with van der Waals surface area (Å²) in [6.45, 7) is 1.78. The molecule has 0 aromatic heterocycles. The lowest BCUT2D eigenvalue weighted by Gasteiger charge is -2.36. The zero-order valence-corrected chi connectivity index (χ0v) is 16.0. The van der Waals surface area contributed by atoms with Gasteiger partial charge in [-0.15, -0.1) is 0 Å². The Kier molecular flexibility index (Phi) is 5.91. The lowest BCUT2D eigenvalue weighted by atomic mass is 9.71. The van der Waals surface area contributed by atoms with Crippen LogP contribution in [0.25, 0.3) is 0 Å².